The first-order valence-corrected chi connectivity index (χ1v) is 5.77. The maximum atomic E-state index is 3.52. The zero-order valence-electron chi connectivity index (χ0n) is 9.10. The van der Waals surface area contributed by atoms with Gasteiger partial charge in [0.15, 0.2) is 0 Å². The van der Waals surface area contributed by atoms with Crippen LogP contribution in [0.15, 0.2) is 0 Å². The zero-order chi connectivity index (χ0) is 9.52. The van der Waals surface area contributed by atoms with E-state index >= 15 is 0 Å². The summed E-state index contributed by atoms with van der Waals surface area (Å²) in [6.07, 6.45) is 5.34. The average Bonchev–Trinajstić information content (AvgIpc) is 2.64. The minimum Gasteiger partial charge on any atom is -0.316 e. The van der Waals surface area contributed by atoms with Gasteiger partial charge in [-0.15, -0.1) is 0 Å². The van der Waals surface area contributed by atoms with Crippen molar-refractivity contribution in [3.63, 3.8) is 0 Å². The highest BCUT2D eigenvalue weighted by molar-refractivity contribution is 4.74. The van der Waals surface area contributed by atoms with Gasteiger partial charge in [0, 0.05) is 6.04 Å². The quantitative estimate of drug-likeness (QED) is 0.615. The van der Waals surface area contributed by atoms with E-state index in [0.29, 0.717) is 0 Å². The van der Waals surface area contributed by atoms with Crippen molar-refractivity contribution < 1.29 is 0 Å². The zero-order valence-corrected chi connectivity index (χ0v) is 9.10. The van der Waals surface area contributed by atoms with Gasteiger partial charge in [-0.3, -0.25) is 0 Å². The van der Waals surface area contributed by atoms with Crippen molar-refractivity contribution in [2.75, 3.05) is 19.6 Å². The average molecular weight is 184 g/mol. The molecule has 13 heavy (non-hydrogen) atoms. The molecule has 2 atom stereocenters. The summed E-state index contributed by atoms with van der Waals surface area (Å²) < 4.78 is 0. The van der Waals surface area contributed by atoms with Gasteiger partial charge >= 0.3 is 0 Å². The molecule has 0 aromatic carbocycles. The van der Waals surface area contributed by atoms with E-state index in [4.69, 9.17) is 0 Å². The van der Waals surface area contributed by atoms with Crippen LogP contribution in [0.2, 0.25) is 0 Å². The Kier molecular flexibility index (Phi) is 5.40. The number of hydrogen-bond donors (Lipinski definition) is 2. The molecule has 0 radical (unpaired) electrons. The van der Waals surface area contributed by atoms with E-state index in [1.54, 1.807) is 0 Å². The second-order valence-electron chi connectivity index (χ2n) is 4.30. The predicted molar refractivity (Wildman–Crippen MR) is 58.0 cm³/mol. The molecule has 2 N–H and O–H groups in total. The standard InChI is InChI=1S/C11H24N2/c1-3-10(2)9-12-8-6-11-5-4-7-13-11/h10-13H,3-9H2,1-2H3. The highest BCUT2D eigenvalue weighted by Crippen LogP contribution is 2.07. The summed E-state index contributed by atoms with van der Waals surface area (Å²) in [6, 6.07) is 0.796. The van der Waals surface area contributed by atoms with Crippen LogP contribution in [-0.4, -0.2) is 25.7 Å². The second-order valence-corrected chi connectivity index (χ2v) is 4.30. The van der Waals surface area contributed by atoms with Crippen LogP contribution in [0.3, 0.4) is 0 Å². The molecule has 1 fully saturated rings. The lowest BCUT2D eigenvalue weighted by Crippen LogP contribution is -2.29. The highest BCUT2D eigenvalue weighted by atomic mass is 14.9. The van der Waals surface area contributed by atoms with E-state index in [1.807, 2.05) is 0 Å². The molecule has 0 saturated carbocycles. The van der Waals surface area contributed by atoms with E-state index in [0.717, 1.165) is 12.0 Å². The van der Waals surface area contributed by atoms with Crippen LogP contribution < -0.4 is 10.6 Å². The molecule has 0 spiro atoms. The van der Waals surface area contributed by atoms with Gasteiger partial charge in [-0.05, 0) is 44.8 Å². The van der Waals surface area contributed by atoms with Crippen molar-refractivity contribution in [1.82, 2.24) is 10.6 Å². The lowest BCUT2D eigenvalue weighted by molar-refractivity contribution is 0.468. The Bertz CT molecular complexity index is 119. The molecule has 1 saturated heterocycles. The van der Waals surface area contributed by atoms with E-state index in [-0.39, 0.29) is 0 Å². The molecule has 0 aliphatic carbocycles. The summed E-state index contributed by atoms with van der Waals surface area (Å²) >= 11 is 0. The smallest absolute Gasteiger partial charge is 0.00796 e. The molecule has 0 bridgehead atoms. The van der Waals surface area contributed by atoms with Gasteiger partial charge in [0.05, 0.1) is 0 Å². The Hall–Kier alpha value is -0.0800. The fourth-order valence-corrected chi connectivity index (χ4v) is 1.77. The van der Waals surface area contributed by atoms with Crippen LogP contribution in [-0.2, 0) is 0 Å². The Labute approximate surface area is 82.5 Å². The summed E-state index contributed by atoms with van der Waals surface area (Å²) in [7, 11) is 0. The molecule has 0 aromatic rings. The fraction of sp³-hybridized carbons (Fsp3) is 1.00. The molecular formula is C11H24N2. The Morgan fingerprint density at radius 3 is 3.00 bits per heavy atom. The third kappa shape index (κ3) is 4.63. The molecule has 2 unspecified atom stereocenters. The predicted octanol–water partition coefficient (Wildman–Crippen LogP) is 1.76. The topological polar surface area (TPSA) is 24.1 Å². The van der Waals surface area contributed by atoms with E-state index in [9.17, 15) is 0 Å². The largest absolute Gasteiger partial charge is 0.316 e. The Morgan fingerprint density at radius 2 is 2.38 bits per heavy atom. The molecule has 78 valence electrons. The molecular weight excluding hydrogens is 160 g/mol. The van der Waals surface area contributed by atoms with Gasteiger partial charge < -0.3 is 10.6 Å². The van der Waals surface area contributed by atoms with Crippen molar-refractivity contribution in [1.29, 1.82) is 0 Å². The first kappa shape index (κ1) is 11.0. The van der Waals surface area contributed by atoms with E-state index < -0.39 is 0 Å². The van der Waals surface area contributed by atoms with Crippen molar-refractivity contribution in [2.24, 2.45) is 5.92 Å². The molecule has 2 nitrogen and oxygen atoms in total. The first-order valence-electron chi connectivity index (χ1n) is 5.77. The molecule has 1 aliphatic rings. The summed E-state index contributed by atoms with van der Waals surface area (Å²) in [6.45, 7) is 8.16. The van der Waals surface area contributed by atoms with Gasteiger partial charge in [-0.1, -0.05) is 20.3 Å². The molecule has 2 heteroatoms. The number of hydrogen-bond acceptors (Lipinski definition) is 2. The highest BCUT2D eigenvalue weighted by Gasteiger charge is 2.12. The third-order valence-electron chi connectivity index (χ3n) is 3.02. The van der Waals surface area contributed by atoms with Gasteiger partial charge in [0.2, 0.25) is 0 Å². The Balaban J connectivity index is 1.88. The minimum absolute atomic E-state index is 0.796. The minimum atomic E-state index is 0.796. The van der Waals surface area contributed by atoms with Crippen LogP contribution in [0.4, 0.5) is 0 Å². The molecule has 1 aliphatic heterocycles. The van der Waals surface area contributed by atoms with Gasteiger partial charge in [-0.25, -0.2) is 0 Å². The lowest BCUT2D eigenvalue weighted by Gasteiger charge is -2.13. The molecule has 0 amide bonds. The van der Waals surface area contributed by atoms with Crippen molar-refractivity contribution in [2.45, 2.75) is 45.6 Å². The first-order chi connectivity index (χ1) is 6.33. The maximum Gasteiger partial charge on any atom is 0.00796 e. The monoisotopic (exact) mass is 184 g/mol. The SMILES string of the molecule is CCC(C)CNCCC1CCCN1. The van der Waals surface area contributed by atoms with E-state index in [2.05, 4.69) is 24.5 Å². The Morgan fingerprint density at radius 1 is 1.54 bits per heavy atom. The summed E-state index contributed by atoms with van der Waals surface area (Å²) in [5.41, 5.74) is 0. The van der Waals surface area contributed by atoms with Crippen molar-refractivity contribution >= 4 is 0 Å². The van der Waals surface area contributed by atoms with Crippen molar-refractivity contribution in [3.05, 3.63) is 0 Å². The van der Waals surface area contributed by atoms with Crippen LogP contribution in [0, 0.1) is 5.92 Å². The normalized spacial score (nSPS) is 24.9. The van der Waals surface area contributed by atoms with E-state index in [1.165, 1.54) is 45.3 Å². The van der Waals surface area contributed by atoms with Gasteiger partial charge in [0.1, 0.15) is 0 Å². The van der Waals surface area contributed by atoms with Gasteiger partial charge in [0.25, 0.3) is 0 Å². The number of rotatable bonds is 6. The van der Waals surface area contributed by atoms with Crippen LogP contribution in [0.5, 0.6) is 0 Å². The van der Waals surface area contributed by atoms with Crippen LogP contribution in [0.1, 0.15) is 39.5 Å². The maximum absolute atomic E-state index is 3.52. The second kappa shape index (κ2) is 6.39. The lowest BCUT2D eigenvalue weighted by atomic mass is 10.1. The molecule has 0 aromatic heterocycles. The summed E-state index contributed by atoms with van der Waals surface area (Å²) in [5.74, 6) is 0.830. The summed E-state index contributed by atoms with van der Waals surface area (Å²) in [5, 5.41) is 7.04. The fourth-order valence-electron chi connectivity index (χ4n) is 1.77. The van der Waals surface area contributed by atoms with Crippen molar-refractivity contribution in [3.8, 4) is 0 Å². The van der Waals surface area contributed by atoms with Crippen LogP contribution in [0.25, 0.3) is 0 Å². The van der Waals surface area contributed by atoms with Crippen LogP contribution >= 0.6 is 0 Å². The van der Waals surface area contributed by atoms with Gasteiger partial charge in [-0.2, -0.15) is 0 Å². The summed E-state index contributed by atoms with van der Waals surface area (Å²) in [4.78, 5) is 0. The molecule has 1 rings (SSSR count). The molecule has 1 heterocycles. The third-order valence-corrected chi connectivity index (χ3v) is 3.02. The number of nitrogens with one attached hydrogen (secondary N) is 2.